The van der Waals surface area contributed by atoms with Crippen molar-refractivity contribution in [3.63, 3.8) is 0 Å². The van der Waals surface area contributed by atoms with Gasteiger partial charge in [-0.1, -0.05) is 72.8 Å². The summed E-state index contributed by atoms with van der Waals surface area (Å²) in [5.41, 5.74) is 18.0. The highest BCUT2D eigenvalue weighted by Gasteiger charge is 2.21. The van der Waals surface area contributed by atoms with Gasteiger partial charge in [0.2, 0.25) is 11.6 Å². The molecule has 0 unspecified atom stereocenters. The zero-order valence-corrected chi connectivity index (χ0v) is 32.8. The van der Waals surface area contributed by atoms with Gasteiger partial charge in [-0.05, 0) is 109 Å². The van der Waals surface area contributed by atoms with Crippen molar-refractivity contribution in [2.45, 2.75) is 0 Å². The summed E-state index contributed by atoms with van der Waals surface area (Å²) in [6.45, 7) is 0. The van der Waals surface area contributed by atoms with E-state index >= 15 is 0 Å². The first-order chi connectivity index (χ1) is 30.8. The van der Waals surface area contributed by atoms with Crippen molar-refractivity contribution in [2.75, 3.05) is 0 Å². The maximum atomic E-state index is 5.51. The molecule has 0 saturated heterocycles. The topological polar surface area (TPSA) is 79.1 Å². The summed E-state index contributed by atoms with van der Waals surface area (Å²) in [7, 11) is 0. The highest BCUT2D eigenvalue weighted by molar-refractivity contribution is 6.07. The van der Waals surface area contributed by atoms with Crippen LogP contribution in [-0.2, 0) is 0 Å². The van der Waals surface area contributed by atoms with Crippen LogP contribution in [0.15, 0.2) is 182 Å². The molecule has 0 aliphatic heterocycles. The van der Waals surface area contributed by atoms with Gasteiger partial charge in [0.1, 0.15) is 11.3 Å². The van der Waals surface area contributed by atoms with Gasteiger partial charge in [0.15, 0.2) is 0 Å². The molecule has 10 nitrogen and oxygen atoms in total. The molecular weight excluding hydrogens is 765 g/mol. The van der Waals surface area contributed by atoms with Crippen LogP contribution >= 0.6 is 0 Å². The largest absolute Gasteiger partial charge is 0.292 e. The number of aromatic nitrogens is 10. The number of fused-ring (bicyclic) bond motifs is 22. The normalized spacial score (nSPS) is 12.5. The van der Waals surface area contributed by atoms with E-state index in [9.17, 15) is 0 Å². The third kappa shape index (κ3) is 4.03. The summed E-state index contributed by atoms with van der Waals surface area (Å²) in [6.07, 6.45) is 0. The summed E-state index contributed by atoms with van der Waals surface area (Å²) >= 11 is 0. The summed E-state index contributed by atoms with van der Waals surface area (Å²) in [5, 5.41) is 2.03. The van der Waals surface area contributed by atoms with Crippen molar-refractivity contribution in [2.24, 2.45) is 0 Å². The lowest BCUT2D eigenvalue weighted by Crippen LogP contribution is -1.96. The fourth-order valence-corrected chi connectivity index (χ4v) is 10.2. The summed E-state index contributed by atoms with van der Waals surface area (Å²) in [6, 6.07) is 64.0. The van der Waals surface area contributed by atoms with Gasteiger partial charge in [0.05, 0.1) is 88.6 Å². The van der Waals surface area contributed by atoms with Crippen molar-refractivity contribution < 1.29 is 0 Å². The minimum absolute atomic E-state index is 0.867. The Labute approximate surface area is 349 Å². The predicted molar refractivity (Wildman–Crippen MR) is 249 cm³/mol. The van der Waals surface area contributed by atoms with Gasteiger partial charge in [-0.2, -0.15) is 0 Å². The maximum absolute atomic E-state index is 5.51. The molecule has 0 amide bonds. The highest BCUT2D eigenvalue weighted by atomic mass is 15.2. The molecule has 0 radical (unpaired) electrons. The lowest BCUT2D eigenvalue weighted by atomic mass is 10.2. The van der Waals surface area contributed by atoms with E-state index in [-0.39, 0.29) is 0 Å². The second-order valence-corrected chi connectivity index (χ2v) is 16.0. The Morgan fingerprint density at radius 3 is 1.06 bits per heavy atom. The van der Waals surface area contributed by atoms with E-state index < -0.39 is 0 Å². The van der Waals surface area contributed by atoms with Crippen LogP contribution < -0.4 is 0 Å². The quantitative estimate of drug-likeness (QED) is 0.175. The van der Waals surface area contributed by atoms with Crippen LogP contribution in [-0.4, -0.2) is 46.7 Å². The van der Waals surface area contributed by atoms with Crippen LogP contribution in [0.25, 0.3) is 122 Å². The van der Waals surface area contributed by atoms with Crippen molar-refractivity contribution in [1.82, 2.24) is 46.7 Å². The Morgan fingerprint density at radius 1 is 0.258 bits per heavy atom. The average Bonchev–Trinajstić information content (AvgIpc) is 4.16. The van der Waals surface area contributed by atoms with E-state index in [4.69, 9.17) is 19.9 Å². The molecule has 8 aromatic carbocycles. The van der Waals surface area contributed by atoms with E-state index in [1.165, 1.54) is 0 Å². The molecule has 288 valence electrons. The average molecular weight is 795 g/mol. The monoisotopic (exact) mass is 794 g/mol. The van der Waals surface area contributed by atoms with Crippen LogP contribution in [0.2, 0.25) is 0 Å². The van der Waals surface area contributed by atoms with E-state index in [0.29, 0.717) is 0 Å². The van der Waals surface area contributed by atoms with E-state index in [0.717, 1.165) is 122 Å². The summed E-state index contributed by atoms with van der Waals surface area (Å²) < 4.78 is 13.6. The molecule has 10 heteroatoms. The molecule has 0 fully saturated rings. The fourth-order valence-electron chi connectivity index (χ4n) is 10.2. The third-order valence-electron chi connectivity index (χ3n) is 12.8. The van der Waals surface area contributed by atoms with E-state index in [2.05, 4.69) is 197 Å². The fraction of sp³-hybridized carbons (Fsp3) is 0. The van der Waals surface area contributed by atoms with Gasteiger partial charge in [-0.3, -0.25) is 26.7 Å². The van der Waals surface area contributed by atoms with Crippen molar-refractivity contribution >= 4 is 111 Å². The zero-order valence-electron chi connectivity index (χ0n) is 32.8. The lowest BCUT2D eigenvalue weighted by Gasteiger charge is -2.08. The van der Waals surface area contributed by atoms with Crippen LogP contribution in [0.1, 0.15) is 0 Å². The molecule has 0 N–H and O–H groups in total. The van der Waals surface area contributed by atoms with Crippen LogP contribution in [0.4, 0.5) is 0 Å². The van der Waals surface area contributed by atoms with Gasteiger partial charge in [-0.15, -0.1) is 0 Å². The number of hydrogen-bond donors (Lipinski definition) is 0. The number of imidazole rings is 6. The van der Waals surface area contributed by atoms with Gasteiger partial charge < -0.3 is 0 Å². The van der Waals surface area contributed by atoms with Gasteiger partial charge >= 0.3 is 0 Å². The van der Waals surface area contributed by atoms with Gasteiger partial charge in [0.25, 0.3) is 0 Å². The van der Waals surface area contributed by atoms with Gasteiger partial charge in [-0.25, -0.2) is 19.9 Å². The molecule has 7 heterocycles. The predicted octanol–water partition coefficient (Wildman–Crippen LogP) is 11.6. The number of benzene rings is 8. The third-order valence-corrected chi connectivity index (χ3v) is 12.8. The molecule has 0 saturated carbocycles. The Kier molecular flexibility index (Phi) is 5.96. The smallest absolute Gasteiger partial charge is 0.220 e. The second kappa shape index (κ2) is 11.5. The molecule has 0 aliphatic carbocycles. The van der Waals surface area contributed by atoms with Crippen LogP contribution in [0.3, 0.4) is 0 Å². The first kappa shape index (κ1) is 32.1. The lowest BCUT2D eigenvalue weighted by molar-refractivity contribution is 1.11. The highest BCUT2D eigenvalue weighted by Crippen LogP contribution is 2.36. The number of rotatable bonds is 2. The Balaban J connectivity index is 1.02. The molecule has 15 aromatic rings. The molecule has 0 atom stereocenters. The molecular formula is C52H30N10. The molecule has 15 rings (SSSR count). The number of hydrogen-bond acceptors (Lipinski definition) is 4. The van der Waals surface area contributed by atoms with E-state index in [1.807, 2.05) is 12.1 Å². The standard InChI is InChI=1S/C52H30N10/c1-5-17-39-33(13-1)49-53-37-29-31(57-45-21-9-11-23-47(45)61-41-19-7-3-15-35(41)55-51(57)61)26-28-44(37)60(49)40-18-6-2-14-34(40)50-54-38-30-32(25-27-43(38)59(39)50)58-46-22-10-12-24-48(46)62-42-20-8-4-16-36(42)56-52(58)62/h1-30H. The Bertz CT molecular complexity index is 4190. The Morgan fingerprint density at radius 2 is 0.613 bits per heavy atom. The van der Waals surface area contributed by atoms with Crippen molar-refractivity contribution in [3.05, 3.63) is 182 Å². The minimum Gasteiger partial charge on any atom is -0.292 e. The first-order valence-corrected chi connectivity index (χ1v) is 20.8. The zero-order chi connectivity index (χ0) is 40.2. The molecule has 0 bridgehead atoms. The Hall–Kier alpha value is -8.76. The second-order valence-electron chi connectivity index (χ2n) is 16.0. The van der Waals surface area contributed by atoms with E-state index in [1.54, 1.807) is 0 Å². The van der Waals surface area contributed by atoms with Crippen molar-refractivity contribution in [1.29, 1.82) is 0 Å². The van der Waals surface area contributed by atoms with Gasteiger partial charge in [0, 0.05) is 10.8 Å². The number of nitrogens with zero attached hydrogens (tertiary/aromatic N) is 10. The maximum Gasteiger partial charge on any atom is 0.220 e. The van der Waals surface area contributed by atoms with Crippen molar-refractivity contribution in [3.8, 4) is 11.4 Å². The summed E-state index contributed by atoms with van der Waals surface area (Å²) in [4.78, 5) is 21.3. The minimum atomic E-state index is 0.867. The SMILES string of the molecule is c1ccc2c(c1)nc1n(-c3ccc4c(c3)nc3c5ccccc5n5c6ccc(-n7c8ccccc8n8c9ccccc9nc78)cc6nc5c5ccccc5n43)c3ccccc3n21. The van der Waals surface area contributed by atoms with Crippen LogP contribution in [0, 0.1) is 0 Å². The van der Waals surface area contributed by atoms with Crippen LogP contribution in [0.5, 0.6) is 0 Å². The number of para-hydroxylation sites is 10. The molecule has 0 spiro atoms. The first-order valence-electron chi connectivity index (χ1n) is 20.8. The summed E-state index contributed by atoms with van der Waals surface area (Å²) in [5.74, 6) is 1.74. The molecule has 62 heavy (non-hydrogen) atoms. The molecule has 7 aromatic heterocycles. The molecule has 0 aliphatic rings.